The molecular weight excluding hydrogens is 250 g/mol. The Morgan fingerprint density at radius 3 is 2.56 bits per heavy atom. The van der Waals surface area contributed by atoms with Gasteiger partial charge in [-0.25, -0.2) is 8.42 Å². The lowest BCUT2D eigenvalue weighted by molar-refractivity contribution is 0.335. The zero-order valence-electron chi connectivity index (χ0n) is 10.9. The van der Waals surface area contributed by atoms with E-state index in [2.05, 4.69) is 0 Å². The summed E-state index contributed by atoms with van der Waals surface area (Å²) in [5.41, 5.74) is 6.73. The van der Waals surface area contributed by atoms with E-state index in [9.17, 15) is 8.42 Å². The standard InChI is InChI=1S/C13H21NO3S/c1-3-9-18(15,16)10-12(14)11-7-5-6-8-13(11)17-4-2/h5-8,12H,3-4,9-10,14H2,1-2H3. The van der Waals surface area contributed by atoms with Crippen LogP contribution >= 0.6 is 0 Å². The van der Waals surface area contributed by atoms with Crippen molar-refractivity contribution in [3.63, 3.8) is 0 Å². The third-order valence-electron chi connectivity index (χ3n) is 2.57. The van der Waals surface area contributed by atoms with Crippen LogP contribution in [-0.4, -0.2) is 26.5 Å². The highest BCUT2D eigenvalue weighted by molar-refractivity contribution is 7.91. The largest absolute Gasteiger partial charge is 0.494 e. The molecule has 0 spiro atoms. The number of nitrogens with two attached hydrogens (primary N) is 1. The van der Waals surface area contributed by atoms with Crippen molar-refractivity contribution in [1.29, 1.82) is 0 Å². The molecular formula is C13H21NO3S. The minimum Gasteiger partial charge on any atom is -0.494 e. The third-order valence-corrected chi connectivity index (χ3v) is 4.46. The second-order valence-corrected chi connectivity index (χ2v) is 6.42. The molecule has 0 saturated heterocycles. The molecule has 0 aliphatic rings. The third kappa shape index (κ3) is 4.31. The monoisotopic (exact) mass is 271 g/mol. The van der Waals surface area contributed by atoms with Crippen LogP contribution in [-0.2, 0) is 9.84 Å². The number of hydrogen-bond donors (Lipinski definition) is 1. The second-order valence-electron chi connectivity index (χ2n) is 4.19. The molecule has 0 aromatic heterocycles. The van der Waals surface area contributed by atoms with Gasteiger partial charge in [-0.1, -0.05) is 25.1 Å². The number of rotatable bonds is 7. The fourth-order valence-electron chi connectivity index (χ4n) is 1.83. The fourth-order valence-corrected chi connectivity index (χ4v) is 3.35. The molecule has 1 aromatic rings. The van der Waals surface area contributed by atoms with Crippen LogP contribution < -0.4 is 10.5 Å². The lowest BCUT2D eigenvalue weighted by Gasteiger charge is -2.16. The van der Waals surface area contributed by atoms with Gasteiger partial charge in [0.1, 0.15) is 5.75 Å². The van der Waals surface area contributed by atoms with E-state index in [0.29, 0.717) is 18.8 Å². The van der Waals surface area contributed by atoms with E-state index in [-0.39, 0.29) is 11.5 Å². The van der Waals surface area contributed by atoms with Crippen LogP contribution in [0.3, 0.4) is 0 Å². The maximum absolute atomic E-state index is 11.8. The molecule has 0 amide bonds. The summed E-state index contributed by atoms with van der Waals surface area (Å²) in [5.74, 6) is 0.807. The van der Waals surface area contributed by atoms with E-state index in [1.54, 1.807) is 0 Å². The van der Waals surface area contributed by atoms with E-state index in [1.807, 2.05) is 38.1 Å². The molecule has 1 aromatic carbocycles. The summed E-state index contributed by atoms with van der Waals surface area (Å²) in [4.78, 5) is 0. The Balaban J connectivity index is 2.87. The van der Waals surface area contributed by atoms with Gasteiger partial charge in [-0.3, -0.25) is 0 Å². The number of sulfone groups is 1. The van der Waals surface area contributed by atoms with Crippen LogP contribution in [0.1, 0.15) is 31.9 Å². The first-order valence-electron chi connectivity index (χ1n) is 6.18. The molecule has 0 heterocycles. The molecule has 0 fully saturated rings. The van der Waals surface area contributed by atoms with Gasteiger partial charge in [-0.05, 0) is 19.4 Å². The van der Waals surface area contributed by atoms with Crippen molar-refractivity contribution >= 4 is 9.84 Å². The van der Waals surface area contributed by atoms with Gasteiger partial charge in [0.05, 0.1) is 12.4 Å². The zero-order chi connectivity index (χ0) is 13.6. The highest BCUT2D eigenvalue weighted by atomic mass is 32.2. The van der Waals surface area contributed by atoms with Gasteiger partial charge >= 0.3 is 0 Å². The van der Waals surface area contributed by atoms with Crippen LogP contribution in [0, 0.1) is 0 Å². The second kappa shape index (κ2) is 6.75. The van der Waals surface area contributed by atoms with Crippen LogP contribution in [0.2, 0.25) is 0 Å². The molecule has 1 rings (SSSR count). The van der Waals surface area contributed by atoms with Crippen molar-refractivity contribution in [2.75, 3.05) is 18.1 Å². The molecule has 4 nitrogen and oxygen atoms in total. The molecule has 0 aliphatic carbocycles. The van der Waals surface area contributed by atoms with Gasteiger partial charge in [-0.2, -0.15) is 0 Å². The summed E-state index contributed by atoms with van der Waals surface area (Å²) in [7, 11) is -3.09. The average molecular weight is 271 g/mol. The highest BCUT2D eigenvalue weighted by Gasteiger charge is 2.19. The minimum absolute atomic E-state index is 0.0368. The van der Waals surface area contributed by atoms with Gasteiger partial charge in [0, 0.05) is 17.4 Å². The van der Waals surface area contributed by atoms with Crippen molar-refractivity contribution in [3.8, 4) is 5.75 Å². The number of ether oxygens (including phenoxy) is 1. The van der Waals surface area contributed by atoms with Gasteiger partial charge in [-0.15, -0.1) is 0 Å². The van der Waals surface area contributed by atoms with Gasteiger partial charge in [0.25, 0.3) is 0 Å². The Bertz CT molecular complexity index is 471. The Morgan fingerprint density at radius 2 is 1.94 bits per heavy atom. The normalized spacial score (nSPS) is 13.3. The van der Waals surface area contributed by atoms with E-state index in [1.165, 1.54) is 0 Å². The predicted octanol–water partition coefficient (Wildman–Crippen LogP) is 1.91. The number of hydrogen-bond acceptors (Lipinski definition) is 4. The molecule has 2 N–H and O–H groups in total. The van der Waals surface area contributed by atoms with Crippen molar-refractivity contribution in [2.45, 2.75) is 26.3 Å². The molecule has 0 aliphatic heterocycles. The van der Waals surface area contributed by atoms with E-state index >= 15 is 0 Å². The summed E-state index contributed by atoms with van der Waals surface area (Å²) in [6.45, 7) is 4.26. The van der Waals surface area contributed by atoms with Crippen LogP contribution in [0.25, 0.3) is 0 Å². The summed E-state index contributed by atoms with van der Waals surface area (Å²) in [6.07, 6.45) is 0.613. The summed E-state index contributed by atoms with van der Waals surface area (Å²) < 4.78 is 29.0. The van der Waals surface area contributed by atoms with E-state index in [0.717, 1.165) is 5.56 Å². The van der Waals surface area contributed by atoms with E-state index in [4.69, 9.17) is 10.5 Å². The Kier molecular flexibility index (Phi) is 5.62. The zero-order valence-corrected chi connectivity index (χ0v) is 11.7. The van der Waals surface area contributed by atoms with Crippen molar-refractivity contribution in [3.05, 3.63) is 29.8 Å². The first-order chi connectivity index (χ1) is 8.50. The smallest absolute Gasteiger partial charge is 0.152 e. The maximum Gasteiger partial charge on any atom is 0.152 e. The van der Waals surface area contributed by atoms with Crippen LogP contribution in [0.15, 0.2) is 24.3 Å². The summed E-state index contributed by atoms with van der Waals surface area (Å²) in [6, 6.07) is 6.78. The van der Waals surface area contributed by atoms with E-state index < -0.39 is 15.9 Å². The Morgan fingerprint density at radius 1 is 1.28 bits per heavy atom. The van der Waals surface area contributed by atoms with Gasteiger partial charge in [0.15, 0.2) is 9.84 Å². The number of benzene rings is 1. The van der Waals surface area contributed by atoms with Gasteiger partial charge < -0.3 is 10.5 Å². The molecule has 1 atom stereocenters. The lowest BCUT2D eigenvalue weighted by Crippen LogP contribution is -2.24. The number of para-hydroxylation sites is 1. The first kappa shape index (κ1) is 15.0. The van der Waals surface area contributed by atoms with Crippen LogP contribution in [0.4, 0.5) is 0 Å². The lowest BCUT2D eigenvalue weighted by atomic mass is 10.1. The summed E-state index contributed by atoms with van der Waals surface area (Å²) >= 11 is 0. The fraction of sp³-hybridized carbons (Fsp3) is 0.538. The predicted molar refractivity (Wildman–Crippen MR) is 73.5 cm³/mol. The summed E-state index contributed by atoms with van der Waals surface area (Å²) in [5, 5.41) is 0. The topological polar surface area (TPSA) is 69.4 Å². The van der Waals surface area contributed by atoms with Crippen molar-refractivity contribution in [2.24, 2.45) is 5.73 Å². The first-order valence-corrected chi connectivity index (χ1v) is 8.00. The minimum atomic E-state index is -3.09. The molecule has 1 unspecified atom stereocenters. The molecule has 0 saturated carbocycles. The maximum atomic E-state index is 11.8. The SMILES string of the molecule is CCCS(=O)(=O)CC(N)c1ccccc1OCC. The van der Waals surface area contributed by atoms with Crippen LogP contribution in [0.5, 0.6) is 5.75 Å². The quantitative estimate of drug-likeness (QED) is 0.822. The molecule has 0 bridgehead atoms. The van der Waals surface area contributed by atoms with Crippen molar-refractivity contribution in [1.82, 2.24) is 0 Å². The van der Waals surface area contributed by atoms with Crippen molar-refractivity contribution < 1.29 is 13.2 Å². The Hall–Kier alpha value is -1.07. The Labute approximate surface area is 109 Å². The highest BCUT2D eigenvalue weighted by Crippen LogP contribution is 2.24. The average Bonchev–Trinajstić information content (AvgIpc) is 2.29. The van der Waals surface area contributed by atoms with Gasteiger partial charge in [0.2, 0.25) is 0 Å². The molecule has 0 radical (unpaired) electrons. The molecule has 5 heteroatoms. The molecule has 18 heavy (non-hydrogen) atoms. The molecule has 102 valence electrons.